The Morgan fingerprint density at radius 3 is 2.72 bits per heavy atom. The number of rotatable bonds is 7. The molecule has 102 valence electrons. The maximum absolute atomic E-state index is 12.2. The monoisotopic (exact) mass is 289 g/mol. The predicted octanol–water partition coefficient (Wildman–Crippen LogP) is 2.10. The van der Waals surface area contributed by atoms with Gasteiger partial charge in [0, 0.05) is 10.9 Å². The molecule has 1 aromatic heterocycles. The van der Waals surface area contributed by atoms with Gasteiger partial charge < -0.3 is 5.11 Å². The minimum atomic E-state index is -3.42. The van der Waals surface area contributed by atoms with Crippen molar-refractivity contribution in [3.8, 4) is 0 Å². The normalized spacial score (nSPS) is 17.9. The third kappa shape index (κ3) is 3.54. The van der Waals surface area contributed by atoms with E-state index < -0.39 is 10.0 Å². The summed E-state index contributed by atoms with van der Waals surface area (Å²) < 4.78 is 27.4. The number of nitrogens with one attached hydrogen (secondary N) is 1. The van der Waals surface area contributed by atoms with Crippen LogP contribution in [0.4, 0.5) is 0 Å². The van der Waals surface area contributed by atoms with Crippen LogP contribution in [0, 0.1) is 5.92 Å². The van der Waals surface area contributed by atoms with Crippen molar-refractivity contribution in [1.82, 2.24) is 4.72 Å². The molecule has 0 amide bonds. The molecular weight excluding hydrogens is 270 g/mol. The Hall–Kier alpha value is -0.430. The van der Waals surface area contributed by atoms with Crippen LogP contribution in [0.2, 0.25) is 0 Å². The molecule has 1 aromatic rings. The quantitative estimate of drug-likeness (QED) is 0.808. The van der Waals surface area contributed by atoms with E-state index in [2.05, 4.69) is 4.72 Å². The van der Waals surface area contributed by atoms with E-state index in [0.717, 1.165) is 24.2 Å². The summed E-state index contributed by atoms with van der Waals surface area (Å²) in [5.74, 6) is 0.703. The Labute approximate surface area is 112 Å². The van der Waals surface area contributed by atoms with Gasteiger partial charge in [0.1, 0.15) is 4.21 Å². The number of sulfonamides is 1. The molecule has 1 unspecified atom stereocenters. The lowest BCUT2D eigenvalue weighted by Crippen LogP contribution is -2.34. The zero-order valence-electron chi connectivity index (χ0n) is 10.4. The number of thiophene rings is 1. The first-order valence-corrected chi connectivity index (χ1v) is 8.57. The van der Waals surface area contributed by atoms with Gasteiger partial charge >= 0.3 is 0 Å². The van der Waals surface area contributed by atoms with E-state index in [1.807, 2.05) is 6.92 Å². The fourth-order valence-corrected chi connectivity index (χ4v) is 4.48. The van der Waals surface area contributed by atoms with Crippen LogP contribution >= 0.6 is 11.3 Å². The zero-order valence-corrected chi connectivity index (χ0v) is 12.1. The third-order valence-electron chi connectivity index (χ3n) is 3.19. The van der Waals surface area contributed by atoms with Crippen LogP contribution in [0.25, 0.3) is 0 Å². The molecule has 1 saturated carbocycles. The van der Waals surface area contributed by atoms with Crippen LogP contribution in [0.1, 0.15) is 37.5 Å². The molecule has 1 heterocycles. The first kappa shape index (κ1) is 14.0. The van der Waals surface area contributed by atoms with E-state index in [4.69, 9.17) is 5.11 Å². The summed E-state index contributed by atoms with van der Waals surface area (Å²) in [5, 5.41) is 8.97. The van der Waals surface area contributed by atoms with Crippen molar-refractivity contribution < 1.29 is 13.5 Å². The maximum atomic E-state index is 12.2. The second-order valence-corrected chi connectivity index (χ2v) is 7.89. The maximum Gasteiger partial charge on any atom is 0.250 e. The Bertz CT molecular complexity index is 491. The molecule has 18 heavy (non-hydrogen) atoms. The molecule has 2 N–H and O–H groups in total. The third-order valence-corrected chi connectivity index (χ3v) is 6.27. The highest BCUT2D eigenvalue weighted by atomic mass is 32.2. The molecule has 1 atom stereocenters. The predicted molar refractivity (Wildman–Crippen MR) is 72.0 cm³/mol. The second kappa shape index (κ2) is 5.69. The lowest BCUT2D eigenvalue weighted by atomic mass is 10.1. The van der Waals surface area contributed by atoms with E-state index >= 15 is 0 Å². The summed E-state index contributed by atoms with van der Waals surface area (Å²) in [6.45, 7) is 1.89. The summed E-state index contributed by atoms with van der Waals surface area (Å²) in [4.78, 5) is 0.672. The Morgan fingerprint density at radius 1 is 1.50 bits per heavy atom. The SMILES string of the molecule is CCC(CC1CC1)NS(=O)(=O)c1ccc(CO)s1. The first-order chi connectivity index (χ1) is 8.55. The van der Waals surface area contributed by atoms with Gasteiger partial charge in [0.25, 0.3) is 0 Å². The van der Waals surface area contributed by atoms with Gasteiger partial charge in [-0.25, -0.2) is 13.1 Å². The standard InChI is InChI=1S/C12H19NO3S2/c1-2-10(7-9-3-4-9)13-18(15,16)12-6-5-11(8-14)17-12/h5-6,9-10,13-14H,2-4,7-8H2,1H3. The van der Waals surface area contributed by atoms with Crippen molar-refractivity contribution in [3.05, 3.63) is 17.0 Å². The number of aliphatic hydroxyl groups excluding tert-OH is 1. The minimum absolute atomic E-state index is 0.0298. The van der Waals surface area contributed by atoms with Gasteiger partial charge in [-0.3, -0.25) is 0 Å². The molecule has 1 aliphatic rings. The fraction of sp³-hybridized carbons (Fsp3) is 0.667. The second-order valence-electron chi connectivity index (χ2n) is 4.78. The van der Waals surface area contributed by atoms with Crippen molar-refractivity contribution in [3.63, 3.8) is 0 Å². The highest BCUT2D eigenvalue weighted by molar-refractivity contribution is 7.91. The summed E-state index contributed by atoms with van der Waals surface area (Å²) in [5.41, 5.74) is 0. The summed E-state index contributed by atoms with van der Waals surface area (Å²) in [6, 6.07) is 3.24. The van der Waals surface area contributed by atoms with Crippen LogP contribution in [-0.2, 0) is 16.6 Å². The van der Waals surface area contributed by atoms with Crippen molar-refractivity contribution >= 4 is 21.4 Å². The van der Waals surface area contributed by atoms with E-state index in [1.165, 1.54) is 12.8 Å². The molecule has 0 aliphatic heterocycles. The van der Waals surface area contributed by atoms with Crippen LogP contribution in [0.3, 0.4) is 0 Å². The van der Waals surface area contributed by atoms with Crippen LogP contribution in [0.5, 0.6) is 0 Å². The molecular formula is C12H19NO3S2. The molecule has 6 heteroatoms. The lowest BCUT2D eigenvalue weighted by Gasteiger charge is -2.15. The molecule has 4 nitrogen and oxygen atoms in total. The van der Waals surface area contributed by atoms with Gasteiger partial charge in [-0.05, 0) is 30.9 Å². The van der Waals surface area contributed by atoms with E-state index in [0.29, 0.717) is 15.0 Å². The lowest BCUT2D eigenvalue weighted by molar-refractivity contribution is 0.285. The highest BCUT2D eigenvalue weighted by Crippen LogP contribution is 2.34. The van der Waals surface area contributed by atoms with Crippen molar-refractivity contribution in [1.29, 1.82) is 0 Å². The molecule has 0 bridgehead atoms. The summed E-state index contributed by atoms with van der Waals surface area (Å²) in [7, 11) is -3.42. The first-order valence-electron chi connectivity index (χ1n) is 6.27. The van der Waals surface area contributed by atoms with Gasteiger partial charge in [0.05, 0.1) is 6.61 Å². The van der Waals surface area contributed by atoms with Crippen molar-refractivity contribution in [2.75, 3.05) is 0 Å². The molecule has 0 aromatic carbocycles. The van der Waals surface area contributed by atoms with Gasteiger partial charge in [-0.2, -0.15) is 0 Å². The van der Waals surface area contributed by atoms with Crippen LogP contribution in [-0.4, -0.2) is 19.6 Å². The molecule has 1 aliphatic carbocycles. The van der Waals surface area contributed by atoms with Crippen molar-refractivity contribution in [2.45, 2.75) is 49.5 Å². The van der Waals surface area contributed by atoms with E-state index in [1.54, 1.807) is 12.1 Å². The Kier molecular flexibility index (Phi) is 4.42. The van der Waals surface area contributed by atoms with Crippen LogP contribution in [0.15, 0.2) is 16.3 Å². The number of hydrogen-bond acceptors (Lipinski definition) is 4. The fourth-order valence-electron chi connectivity index (χ4n) is 1.92. The largest absolute Gasteiger partial charge is 0.391 e. The van der Waals surface area contributed by atoms with E-state index in [-0.39, 0.29) is 12.6 Å². The van der Waals surface area contributed by atoms with Crippen molar-refractivity contribution in [2.24, 2.45) is 5.92 Å². The average molecular weight is 289 g/mol. The highest BCUT2D eigenvalue weighted by Gasteiger charge is 2.28. The Morgan fingerprint density at radius 2 is 2.22 bits per heavy atom. The minimum Gasteiger partial charge on any atom is -0.391 e. The molecule has 1 fully saturated rings. The molecule has 0 spiro atoms. The number of aliphatic hydroxyl groups is 1. The zero-order chi connectivity index (χ0) is 13.2. The van der Waals surface area contributed by atoms with Gasteiger partial charge in [0.15, 0.2) is 0 Å². The molecule has 0 radical (unpaired) electrons. The summed E-state index contributed by atoms with van der Waals surface area (Å²) >= 11 is 1.13. The number of hydrogen-bond donors (Lipinski definition) is 2. The summed E-state index contributed by atoms with van der Waals surface area (Å²) in [6.07, 6.45) is 4.21. The topological polar surface area (TPSA) is 66.4 Å². The van der Waals surface area contributed by atoms with E-state index in [9.17, 15) is 8.42 Å². The van der Waals surface area contributed by atoms with Gasteiger partial charge in [-0.1, -0.05) is 19.8 Å². The van der Waals surface area contributed by atoms with Gasteiger partial charge in [0.2, 0.25) is 10.0 Å². The average Bonchev–Trinajstić information content (AvgIpc) is 3.01. The molecule has 0 saturated heterocycles. The van der Waals surface area contributed by atoms with Gasteiger partial charge in [-0.15, -0.1) is 11.3 Å². The molecule has 2 rings (SSSR count). The smallest absolute Gasteiger partial charge is 0.250 e. The Balaban J connectivity index is 2.04. The van der Waals surface area contributed by atoms with Crippen LogP contribution < -0.4 is 4.72 Å².